The topological polar surface area (TPSA) is 97.6 Å². The Hall–Kier alpha value is -1.96. The standard InChI is InChI=1S/C15H22N2O5S/c1-5-9-23(21,22)12(3)15(18)16(4)11(2)13-7-6-8-14(10-13)17(19)20/h6-8,10-12H,5,9H2,1-4H3/t11-,12+/m1/s1. The summed E-state index contributed by atoms with van der Waals surface area (Å²) in [7, 11) is -1.99. The Labute approximate surface area is 136 Å². The van der Waals surface area contributed by atoms with Crippen LogP contribution in [0.1, 0.15) is 38.8 Å². The number of nitro benzene ring substituents is 1. The van der Waals surface area contributed by atoms with Gasteiger partial charge < -0.3 is 4.90 Å². The summed E-state index contributed by atoms with van der Waals surface area (Å²) in [6.07, 6.45) is 0.449. The Morgan fingerprint density at radius 1 is 1.35 bits per heavy atom. The summed E-state index contributed by atoms with van der Waals surface area (Å²) >= 11 is 0. The first-order chi connectivity index (χ1) is 10.6. The van der Waals surface area contributed by atoms with Gasteiger partial charge in [0.1, 0.15) is 5.25 Å². The molecule has 2 atom stereocenters. The molecule has 8 heteroatoms. The van der Waals surface area contributed by atoms with Gasteiger partial charge in [0.05, 0.1) is 16.7 Å². The van der Waals surface area contributed by atoms with E-state index in [1.807, 2.05) is 0 Å². The normalized spacial score (nSPS) is 14.1. The maximum absolute atomic E-state index is 12.4. The predicted octanol–water partition coefficient (Wildman–Crippen LogP) is 2.33. The van der Waals surface area contributed by atoms with Crippen LogP contribution in [0.2, 0.25) is 0 Å². The zero-order valence-electron chi connectivity index (χ0n) is 13.7. The number of hydrogen-bond acceptors (Lipinski definition) is 5. The number of sulfone groups is 1. The molecular weight excluding hydrogens is 320 g/mol. The Morgan fingerprint density at radius 2 is 1.96 bits per heavy atom. The lowest BCUT2D eigenvalue weighted by Crippen LogP contribution is -2.41. The van der Waals surface area contributed by atoms with Gasteiger partial charge >= 0.3 is 0 Å². The average Bonchev–Trinajstić information content (AvgIpc) is 2.52. The van der Waals surface area contributed by atoms with Crippen LogP contribution in [0.25, 0.3) is 0 Å². The lowest BCUT2D eigenvalue weighted by atomic mass is 10.1. The zero-order chi connectivity index (χ0) is 17.8. The molecule has 0 heterocycles. The highest BCUT2D eigenvalue weighted by atomic mass is 32.2. The van der Waals surface area contributed by atoms with Crippen LogP contribution in [-0.4, -0.2) is 42.2 Å². The number of non-ortho nitro benzene ring substituents is 1. The van der Waals surface area contributed by atoms with Gasteiger partial charge in [-0.3, -0.25) is 14.9 Å². The monoisotopic (exact) mass is 342 g/mol. The summed E-state index contributed by atoms with van der Waals surface area (Å²) in [5.41, 5.74) is 0.511. The third kappa shape index (κ3) is 4.51. The van der Waals surface area contributed by atoms with Gasteiger partial charge in [-0.15, -0.1) is 0 Å². The molecule has 0 radical (unpaired) electrons. The highest BCUT2D eigenvalue weighted by Crippen LogP contribution is 2.24. The van der Waals surface area contributed by atoms with Gasteiger partial charge in [0.25, 0.3) is 5.69 Å². The van der Waals surface area contributed by atoms with Crippen LogP contribution in [0.15, 0.2) is 24.3 Å². The van der Waals surface area contributed by atoms with Crippen LogP contribution in [0.4, 0.5) is 5.69 Å². The molecule has 0 aliphatic heterocycles. The minimum atomic E-state index is -3.49. The fraction of sp³-hybridized carbons (Fsp3) is 0.533. The Bertz CT molecular complexity index is 687. The summed E-state index contributed by atoms with van der Waals surface area (Å²) < 4.78 is 24.1. The van der Waals surface area contributed by atoms with E-state index < -0.39 is 32.0 Å². The first-order valence-corrected chi connectivity index (χ1v) is 9.06. The van der Waals surface area contributed by atoms with Crippen LogP contribution in [0, 0.1) is 10.1 Å². The molecule has 0 unspecified atom stereocenters. The van der Waals surface area contributed by atoms with Crippen LogP contribution in [0.5, 0.6) is 0 Å². The highest BCUT2D eigenvalue weighted by molar-refractivity contribution is 7.92. The van der Waals surface area contributed by atoms with Gasteiger partial charge in [-0.1, -0.05) is 19.1 Å². The lowest BCUT2D eigenvalue weighted by molar-refractivity contribution is -0.384. The molecule has 1 amide bonds. The molecule has 23 heavy (non-hydrogen) atoms. The summed E-state index contributed by atoms with van der Waals surface area (Å²) in [5.74, 6) is -0.559. The average molecular weight is 342 g/mol. The van der Waals surface area contributed by atoms with Crippen molar-refractivity contribution in [3.8, 4) is 0 Å². The minimum absolute atomic E-state index is 0.0427. The van der Waals surface area contributed by atoms with Gasteiger partial charge in [-0.2, -0.15) is 0 Å². The van der Waals surface area contributed by atoms with E-state index in [-0.39, 0.29) is 11.4 Å². The number of hydrogen-bond donors (Lipinski definition) is 0. The van der Waals surface area contributed by atoms with Crippen molar-refractivity contribution < 1.29 is 18.1 Å². The second kappa shape index (κ2) is 7.54. The van der Waals surface area contributed by atoms with Crippen molar-refractivity contribution in [1.82, 2.24) is 4.90 Å². The highest BCUT2D eigenvalue weighted by Gasteiger charge is 2.31. The largest absolute Gasteiger partial charge is 0.338 e. The van der Waals surface area contributed by atoms with E-state index in [1.165, 1.54) is 31.0 Å². The maximum Gasteiger partial charge on any atom is 0.269 e. The zero-order valence-corrected chi connectivity index (χ0v) is 14.5. The number of carbonyl (C=O) groups is 1. The molecule has 0 saturated carbocycles. The van der Waals surface area contributed by atoms with E-state index in [0.717, 1.165) is 0 Å². The summed E-state index contributed by atoms with van der Waals surface area (Å²) in [6.45, 7) is 4.82. The second-order valence-corrected chi connectivity index (χ2v) is 7.93. The first kappa shape index (κ1) is 19.1. The van der Waals surface area contributed by atoms with Crippen molar-refractivity contribution in [3.05, 3.63) is 39.9 Å². The molecule has 0 fully saturated rings. The second-order valence-electron chi connectivity index (χ2n) is 5.49. The molecule has 1 aromatic carbocycles. The van der Waals surface area contributed by atoms with E-state index in [1.54, 1.807) is 26.0 Å². The fourth-order valence-corrected chi connectivity index (χ4v) is 3.61. The molecule has 0 aliphatic rings. The molecule has 7 nitrogen and oxygen atoms in total. The smallest absolute Gasteiger partial charge is 0.269 e. The van der Waals surface area contributed by atoms with Crippen molar-refractivity contribution in [2.45, 2.75) is 38.5 Å². The minimum Gasteiger partial charge on any atom is -0.338 e. The number of amides is 1. The van der Waals surface area contributed by atoms with Crippen molar-refractivity contribution >= 4 is 21.4 Å². The van der Waals surface area contributed by atoms with E-state index in [0.29, 0.717) is 12.0 Å². The van der Waals surface area contributed by atoms with E-state index in [4.69, 9.17) is 0 Å². The molecule has 0 aromatic heterocycles. The molecule has 1 rings (SSSR count). The predicted molar refractivity (Wildman–Crippen MR) is 87.8 cm³/mol. The van der Waals surface area contributed by atoms with Crippen molar-refractivity contribution in [1.29, 1.82) is 0 Å². The molecule has 0 saturated heterocycles. The molecular formula is C15H22N2O5S. The lowest BCUT2D eigenvalue weighted by Gasteiger charge is -2.27. The first-order valence-electron chi connectivity index (χ1n) is 7.34. The van der Waals surface area contributed by atoms with Crippen molar-refractivity contribution in [2.24, 2.45) is 0 Å². The molecule has 0 aliphatic carbocycles. The van der Waals surface area contributed by atoms with Crippen molar-refractivity contribution in [2.75, 3.05) is 12.8 Å². The number of rotatable bonds is 7. The Kier molecular flexibility index (Phi) is 6.26. The van der Waals surface area contributed by atoms with Gasteiger partial charge in [-0.05, 0) is 25.8 Å². The quantitative estimate of drug-likeness (QED) is 0.559. The summed E-state index contributed by atoms with van der Waals surface area (Å²) in [4.78, 5) is 24.1. The number of nitro groups is 1. The van der Waals surface area contributed by atoms with E-state index in [9.17, 15) is 23.3 Å². The molecule has 128 valence electrons. The van der Waals surface area contributed by atoms with Crippen LogP contribution in [0.3, 0.4) is 0 Å². The Balaban J connectivity index is 3.00. The third-order valence-electron chi connectivity index (χ3n) is 3.87. The number of carbonyl (C=O) groups excluding carboxylic acids is 1. The summed E-state index contributed by atoms with van der Waals surface area (Å²) in [6, 6.07) is 5.50. The van der Waals surface area contributed by atoms with Crippen molar-refractivity contribution in [3.63, 3.8) is 0 Å². The van der Waals surface area contributed by atoms with E-state index >= 15 is 0 Å². The van der Waals surface area contributed by atoms with Gasteiger partial charge in [0, 0.05) is 19.2 Å². The van der Waals surface area contributed by atoms with Crippen LogP contribution < -0.4 is 0 Å². The number of benzene rings is 1. The number of nitrogens with zero attached hydrogens (tertiary/aromatic N) is 2. The molecule has 0 N–H and O–H groups in total. The van der Waals surface area contributed by atoms with Crippen LogP contribution >= 0.6 is 0 Å². The fourth-order valence-electron chi connectivity index (χ4n) is 2.21. The van der Waals surface area contributed by atoms with E-state index in [2.05, 4.69) is 0 Å². The molecule has 0 spiro atoms. The van der Waals surface area contributed by atoms with Gasteiger partial charge in [0.2, 0.25) is 5.91 Å². The maximum atomic E-state index is 12.4. The SMILES string of the molecule is CCCS(=O)(=O)[C@@H](C)C(=O)N(C)[C@H](C)c1cccc([N+](=O)[O-])c1. The van der Waals surface area contributed by atoms with Gasteiger partial charge in [-0.25, -0.2) is 8.42 Å². The summed E-state index contributed by atoms with van der Waals surface area (Å²) in [5, 5.41) is 9.71. The molecule has 0 bridgehead atoms. The third-order valence-corrected chi connectivity index (χ3v) is 6.12. The van der Waals surface area contributed by atoms with Crippen LogP contribution in [-0.2, 0) is 14.6 Å². The Morgan fingerprint density at radius 3 is 2.48 bits per heavy atom. The molecule has 1 aromatic rings. The van der Waals surface area contributed by atoms with Gasteiger partial charge in [0.15, 0.2) is 9.84 Å².